The van der Waals surface area contributed by atoms with E-state index in [0.717, 1.165) is 18.4 Å². The molecule has 3 aliphatic rings. The van der Waals surface area contributed by atoms with Gasteiger partial charge in [-0.05, 0) is 36.5 Å². The molecule has 2 bridgehead atoms. The second-order valence-corrected chi connectivity index (χ2v) is 12.1. The molecule has 2 aromatic rings. The van der Waals surface area contributed by atoms with Gasteiger partial charge in [0.15, 0.2) is 0 Å². The third-order valence-electron chi connectivity index (χ3n) is 8.49. The molecule has 8 heteroatoms. The average Bonchev–Trinajstić information content (AvgIpc) is 3.56. The van der Waals surface area contributed by atoms with Gasteiger partial charge in [-0.25, -0.2) is 0 Å². The van der Waals surface area contributed by atoms with Crippen molar-refractivity contribution in [2.45, 2.75) is 61.7 Å². The highest BCUT2D eigenvalue weighted by Gasteiger charge is 2.74. The van der Waals surface area contributed by atoms with E-state index >= 15 is 0 Å². The Morgan fingerprint density at radius 3 is 2.43 bits per heavy atom. The molecular formula is C29H35N3O4S. The Hall–Kier alpha value is -2.84. The summed E-state index contributed by atoms with van der Waals surface area (Å²) in [7, 11) is 0. The van der Waals surface area contributed by atoms with Gasteiger partial charge in [-0.3, -0.25) is 14.4 Å². The summed E-state index contributed by atoms with van der Waals surface area (Å²) in [5, 5.41) is 16.5. The summed E-state index contributed by atoms with van der Waals surface area (Å²) in [5.41, 5.74) is 1.67. The molecule has 1 spiro atoms. The summed E-state index contributed by atoms with van der Waals surface area (Å²) >= 11 is 1.64. The van der Waals surface area contributed by atoms with E-state index in [4.69, 9.17) is 0 Å². The van der Waals surface area contributed by atoms with Gasteiger partial charge in [-0.15, -0.1) is 11.8 Å². The predicted octanol–water partition coefficient (Wildman–Crippen LogP) is 3.44. The maximum atomic E-state index is 14.2. The van der Waals surface area contributed by atoms with Crippen LogP contribution in [0.25, 0.3) is 0 Å². The maximum absolute atomic E-state index is 14.2. The Bertz CT molecular complexity index is 1150. The first-order valence-electron chi connectivity index (χ1n) is 13.2. The van der Waals surface area contributed by atoms with Crippen molar-refractivity contribution in [3.8, 4) is 0 Å². The number of nitrogens with zero attached hydrogens (tertiary/aromatic N) is 1. The number of aliphatic hydroxyl groups excluding tert-OH is 1. The zero-order valence-electron chi connectivity index (χ0n) is 21.3. The Kier molecular flexibility index (Phi) is 7.32. The predicted molar refractivity (Wildman–Crippen MR) is 145 cm³/mol. The van der Waals surface area contributed by atoms with E-state index in [1.165, 1.54) is 0 Å². The van der Waals surface area contributed by atoms with E-state index < -0.39 is 28.7 Å². The molecule has 0 saturated carbocycles. The van der Waals surface area contributed by atoms with Gasteiger partial charge in [-0.2, -0.15) is 0 Å². The van der Waals surface area contributed by atoms with Crippen LogP contribution in [0.4, 0.5) is 5.69 Å². The first-order valence-corrected chi connectivity index (χ1v) is 14.1. The minimum atomic E-state index is -0.732. The van der Waals surface area contributed by atoms with E-state index in [9.17, 15) is 19.5 Å². The third-order valence-corrected chi connectivity index (χ3v) is 10.4. The number of aliphatic hydroxyl groups is 1. The fourth-order valence-electron chi connectivity index (χ4n) is 6.49. The molecule has 3 aliphatic heterocycles. The van der Waals surface area contributed by atoms with Gasteiger partial charge in [0.2, 0.25) is 17.7 Å². The van der Waals surface area contributed by atoms with Crippen LogP contribution in [0.1, 0.15) is 38.7 Å². The summed E-state index contributed by atoms with van der Waals surface area (Å²) in [4.78, 5) is 43.3. The molecule has 3 heterocycles. The van der Waals surface area contributed by atoms with Crippen molar-refractivity contribution in [1.82, 2.24) is 10.2 Å². The molecule has 2 aromatic carbocycles. The molecular weight excluding hydrogens is 486 g/mol. The largest absolute Gasteiger partial charge is 0.394 e. The van der Waals surface area contributed by atoms with Crippen LogP contribution in [0.3, 0.4) is 0 Å². The summed E-state index contributed by atoms with van der Waals surface area (Å²) in [5.74, 6) is -1.66. The SMILES string of the molecule is CC[C@H](C)[C@H](CO)N1C(=O)[C@@H]2[C@@H](C(=O)Nc3ccccc3)[C@H]3CCC2(S3)C1C(=O)NCc1ccccc1. The molecule has 2 unspecified atom stereocenters. The number of carbonyl (C=O) groups is 3. The van der Waals surface area contributed by atoms with Crippen LogP contribution >= 0.6 is 11.8 Å². The number of hydrogen-bond acceptors (Lipinski definition) is 5. The second-order valence-electron chi connectivity index (χ2n) is 10.5. The van der Waals surface area contributed by atoms with Crippen LogP contribution in [0.2, 0.25) is 0 Å². The first-order chi connectivity index (χ1) is 17.9. The van der Waals surface area contributed by atoms with Gasteiger partial charge < -0.3 is 20.6 Å². The molecule has 0 aromatic heterocycles. The summed E-state index contributed by atoms with van der Waals surface area (Å²) < 4.78 is -0.678. The van der Waals surface area contributed by atoms with Gasteiger partial charge in [-0.1, -0.05) is 68.8 Å². The van der Waals surface area contributed by atoms with Crippen molar-refractivity contribution in [3.63, 3.8) is 0 Å². The second kappa shape index (κ2) is 10.5. The number of para-hydroxylation sites is 1. The number of fused-ring (bicyclic) bond motifs is 1. The molecule has 5 rings (SSSR count). The highest BCUT2D eigenvalue weighted by molar-refractivity contribution is 8.02. The van der Waals surface area contributed by atoms with Crippen LogP contribution in [0, 0.1) is 17.8 Å². The fraction of sp³-hybridized carbons (Fsp3) is 0.483. The zero-order valence-corrected chi connectivity index (χ0v) is 22.1. The van der Waals surface area contributed by atoms with Gasteiger partial charge >= 0.3 is 0 Å². The number of likely N-dealkylation sites (tertiary alicyclic amines) is 1. The lowest BCUT2D eigenvalue weighted by molar-refractivity contribution is -0.143. The lowest BCUT2D eigenvalue weighted by Gasteiger charge is -2.39. The van der Waals surface area contributed by atoms with Crippen molar-refractivity contribution in [2.24, 2.45) is 17.8 Å². The van der Waals surface area contributed by atoms with Gasteiger partial charge in [0.1, 0.15) is 6.04 Å². The Balaban J connectivity index is 1.48. The number of thioether (sulfide) groups is 1. The standard InChI is InChI=1S/C29H35N3O4S/c1-3-18(2)21(17-33)32-25(27(35)30-16-19-10-6-4-7-11-19)29-15-14-22(37-29)23(24(29)28(32)36)26(34)31-20-12-8-5-9-13-20/h4-13,18,21-25,33H,3,14-17H2,1-2H3,(H,30,35)(H,31,34)/t18-,21-,22+,23-,24-,25?,29?/m0/s1. The number of hydrogen-bond donors (Lipinski definition) is 3. The molecule has 3 fully saturated rings. The zero-order chi connectivity index (χ0) is 26.2. The Labute approximate surface area is 222 Å². The third kappa shape index (κ3) is 4.44. The number of carbonyl (C=O) groups excluding carboxylic acids is 3. The quantitative estimate of drug-likeness (QED) is 0.470. The number of nitrogens with one attached hydrogen (secondary N) is 2. The monoisotopic (exact) mass is 521 g/mol. The molecule has 37 heavy (non-hydrogen) atoms. The molecule has 0 radical (unpaired) electrons. The van der Waals surface area contributed by atoms with Crippen molar-refractivity contribution in [3.05, 3.63) is 66.2 Å². The number of anilines is 1. The molecule has 3 amide bonds. The van der Waals surface area contributed by atoms with E-state index in [1.807, 2.05) is 74.5 Å². The minimum absolute atomic E-state index is 0.00685. The first kappa shape index (κ1) is 25.8. The molecule has 196 valence electrons. The van der Waals surface area contributed by atoms with Crippen LogP contribution in [-0.2, 0) is 20.9 Å². The van der Waals surface area contributed by atoms with Gasteiger partial charge in [0.25, 0.3) is 0 Å². The van der Waals surface area contributed by atoms with Crippen molar-refractivity contribution in [2.75, 3.05) is 11.9 Å². The van der Waals surface area contributed by atoms with E-state index in [2.05, 4.69) is 10.6 Å². The molecule has 3 N–H and O–H groups in total. The van der Waals surface area contributed by atoms with Crippen LogP contribution in [0.15, 0.2) is 60.7 Å². The highest BCUT2D eigenvalue weighted by atomic mass is 32.2. The van der Waals surface area contributed by atoms with E-state index in [-0.39, 0.29) is 35.5 Å². The van der Waals surface area contributed by atoms with Crippen LogP contribution in [-0.4, -0.2) is 56.4 Å². The highest BCUT2D eigenvalue weighted by Crippen LogP contribution is 2.66. The van der Waals surface area contributed by atoms with Crippen molar-refractivity contribution >= 4 is 35.2 Å². The van der Waals surface area contributed by atoms with Crippen LogP contribution < -0.4 is 10.6 Å². The van der Waals surface area contributed by atoms with Crippen LogP contribution in [0.5, 0.6) is 0 Å². The van der Waals surface area contributed by atoms with Gasteiger partial charge in [0, 0.05) is 17.5 Å². The Morgan fingerprint density at radius 1 is 1.11 bits per heavy atom. The maximum Gasteiger partial charge on any atom is 0.244 e. The van der Waals surface area contributed by atoms with Crippen molar-refractivity contribution in [1.29, 1.82) is 0 Å². The number of amides is 3. The van der Waals surface area contributed by atoms with E-state index in [0.29, 0.717) is 18.7 Å². The molecule has 0 aliphatic carbocycles. The minimum Gasteiger partial charge on any atom is -0.394 e. The van der Waals surface area contributed by atoms with Crippen molar-refractivity contribution < 1.29 is 19.5 Å². The summed E-state index contributed by atoms with van der Waals surface area (Å²) in [6.07, 6.45) is 2.25. The number of benzene rings is 2. The molecule has 7 nitrogen and oxygen atoms in total. The average molecular weight is 522 g/mol. The fourth-order valence-corrected chi connectivity index (χ4v) is 8.70. The van der Waals surface area contributed by atoms with Gasteiger partial charge in [0.05, 0.1) is 29.2 Å². The normalized spacial score (nSPS) is 29.6. The summed E-state index contributed by atoms with van der Waals surface area (Å²) in [6.45, 7) is 4.16. The van der Waals surface area contributed by atoms with E-state index in [1.54, 1.807) is 16.7 Å². The topological polar surface area (TPSA) is 98.7 Å². The lowest BCUT2D eigenvalue weighted by Crippen LogP contribution is -2.57. The lowest BCUT2D eigenvalue weighted by atomic mass is 9.70. The Morgan fingerprint density at radius 2 is 1.78 bits per heavy atom. The molecule has 7 atom stereocenters. The summed E-state index contributed by atoms with van der Waals surface area (Å²) in [6, 6.07) is 17.8. The molecule has 3 saturated heterocycles. The number of rotatable bonds is 9. The smallest absolute Gasteiger partial charge is 0.244 e.